The van der Waals surface area contributed by atoms with Gasteiger partial charge in [0.15, 0.2) is 0 Å². The van der Waals surface area contributed by atoms with E-state index >= 15 is 0 Å². The first kappa shape index (κ1) is 14.9. The van der Waals surface area contributed by atoms with Crippen molar-refractivity contribution in [2.45, 2.75) is 19.4 Å². The zero-order chi connectivity index (χ0) is 15.2. The van der Waals surface area contributed by atoms with E-state index in [4.69, 9.17) is 9.84 Å². The van der Waals surface area contributed by atoms with E-state index < -0.39 is 11.9 Å². The van der Waals surface area contributed by atoms with E-state index in [0.717, 1.165) is 22.6 Å². The quantitative estimate of drug-likeness (QED) is 0.853. The highest BCUT2D eigenvalue weighted by molar-refractivity contribution is 5.75. The summed E-state index contributed by atoms with van der Waals surface area (Å²) in [5.74, 6) is -0.496. The van der Waals surface area contributed by atoms with Crippen LogP contribution in [0, 0.1) is 0 Å². The number of carboxylic acid groups (broad SMARTS) is 1. The van der Waals surface area contributed by atoms with Crippen LogP contribution in [0.4, 0.5) is 5.69 Å². The monoisotopic (exact) mass is 285 g/mol. The maximum atomic E-state index is 10.9. The van der Waals surface area contributed by atoms with Gasteiger partial charge in [0.25, 0.3) is 0 Å². The van der Waals surface area contributed by atoms with Crippen molar-refractivity contribution in [3.63, 3.8) is 0 Å². The van der Waals surface area contributed by atoms with Crippen molar-refractivity contribution >= 4 is 11.7 Å². The zero-order valence-corrected chi connectivity index (χ0v) is 12.2. The summed E-state index contributed by atoms with van der Waals surface area (Å²) in [5, 5.41) is 12.3. The predicted octanol–water partition coefficient (Wildman–Crippen LogP) is 3.50. The number of ether oxygens (including phenoxy) is 1. The van der Waals surface area contributed by atoms with Gasteiger partial charge in [-0.2, -0.15) is 0 Å². The van der Waals surface area contributed by atoms with Crippen molar-refractivity contribution in [3.05, 3.63) is 59.7 Å². The molecule has 1 atom stereocenters. The van der Waals surface area contributed by atoms with Crippen LogP contribution in [0.3, 0.4) is 0 Å². The number of nitrogens with one attached hydrogen (secondary N) is 1. The number of para-hydroxylation sites is 2. The molecule has 0 saturated carbocycles. The summed E-state index contributed by atoms with van der Waals surface area (Å²) in [4.78, 5) is 10.9. The highest BCUT2D eigenvalue weighted by atomic mass is 16.5. The van der Waals surface area contributed by atoms with Gasteiger partial charge in [-0.05, 0) is 30.2 Å². The highest BCUT2D eigenvalue weighted by Gasteiger charge is 2.12. The first-order valence-corrected chi connectivity index (χ1v) is 6.80. The third-order valence-electron chi connectivity index (χ3n) is 3.44. The summed E-state index contributed by atoms with van der Waals surface area (Å²) in [6.07, 6.45) is 0. The van der Waals surface area contributed by atoms with Crippen molar-refractivity contribution in [2.24, 2.45) is 0 Å². The Balaban J connectivity index is 2.02. The molecule has 2 N–H and O–H groups in total. The topological polar surface area (TPSA) is 58.6 Å². The van der Waals surface area contributed by atoms with Gasteiger partial charge in [-0.1, -0.05) is 36.4 Å². The van der Waals surface area contributed by atoms with Crippen LogP contribution in [-0.4, -0.2) is 18.2 Å². The number of carbonyl (C=O) groups is 1. The summed E-state index contributed by atoms with van der Waals surface area (Å²) in [6.45, 7) is 2.34. The lowest BCUT2D eigenvalue weighted by Crippen LogP contribution is -2.07. The van der Waals surface area contributed by atoms with Gasteiger partial charge in [0.2, 0.25) is 0 Å². The Kier molecular flexibility index (Phi) is 4.82. The van der Waals surface area contributed by atoms with Crippen LogP contribution in [0.5, 0.6) is 5.75 Å². The van der Waals surface area contributed by atoms with Gasteiger partial charge >= 0.3 is 5.97 Å². The van der Waals surface area contributed by atoms with Gasteiger partial charge in [-0.15, -0.1) is 0 Å². The number of benzene rings is 2. The predicted molar refractivity (Wildman–Crippen MR) is 82.8 cm³/mol. The molecule has 110 valence electrons. The molecule has 0 bridgehead atoms. The van der Waals surface area contributed by atoms with Crippen LogP contribution >= 0.6 is 0 Å². The van der Waals surface area contributed by atoms with E-state index in [0.29, 0.717) is 6.54 Å². The summed E-state index contributed by atoms with van der Waals surface area (Å²) >= 11 is 0. The molecule has 2 aromatic rings. The minimum atomic E-state index is -0.810. The largest absolute Gasteiger partial charge is 0.495 e. The Morgan fingerprint density at radius 1 is 1.19 bits per heavy atom. The summed E-state index contributed by atoms with van der Waals surface area (Å²) in [6, 6.07) is 15.3. The molecular weight excluding hydrogens is 266 g/mol. The molecule has 1 unspecified atom stereocenters. The van der Waals surface area contributed by atoms with E-state index in [-0.39, 0.29) is 0 Å². The fourth-order valence-corrected chi connectivity index (χ4v) is 2.05. The lowest BCUT2D eigenvalue weighted by Gasteiger charge is -2.12. The van der Waals surface area contributed by atoms with Crippen molar-refractivity contribution in [2.75, 3.05) is 12.4 Å². The van der Waals surface area contributed by atoms with Crippen molar-refractivity contribution in [3.8, 4) is 5.75 Å². The smallest absolute Gasteiger partial charge is 0.310 e. The molecule has 0 aromatic heterocycles. The minimum absolute atomic E-state index is 0.485. The van der Waals surface area contributed by atoms with E-state index in [1.165, 1.54) is 0 Å². The Morgan fingerprint density at radius 3 is 2.48 bits per heavy atom. The van der Waals surface area contributed by atoms with Gasteiger partial charge in [0, 0.05) is 6.54 Å². The molecule has 0 aliphatic rings. The number of carboxylic acids is 1. The summed E-state index contributed by atoms with van der Waals surface area (Å²) < 4.78 is 5.28. The Morgan fingerprint density at radius 2 is 1.86 bits per heavy atom. The molecule has 0 amide bonds. The van der Waals surface area contributed by atoms with Crippen LogP contribution < -0.4 is 10.1 Å². The summed E-state index contributed by atoms with van der Waals surface area (Å²) in [7, 11) is 1.64. The van der Waals surface area contributed by atoms with Crippen molar-refractivity contribution in [1.82, 2.24) is 0 Å². The number of methoxy groups -OCH3 is 1. The van der Waals surface area contributed by atoms with E-state index in [9.17, 15) is 4.79 Å². The normalized spacial score (nSPS) is 11.7. The number of aliphatic carboxylic acids is 1. The lowest BCUT2D eigenvalue weighted by atomic mass is 10.00. The second-order valence-electron chi connectivity index (χ2n) is 4.86. The van der Waals surface area contributed by atoms with Gasteiger partial charge in [-0.25, -0.2) is 0 Å². The molecular formula is C17H19NO3. The fourth-order valence-electron chi connectivity index (χ4n) is 2.05. The number of hydrogen-bond acceptors (Lipinski definition) is 3. The second kappa shape index (κ2) is 6.79. The average molecular weight is 285 g/mol. The molecule has 0 radical (unpaired) electrons. The lowest BCUT2D eigenvalue weighted by molar-refractivity contribution is -0.138. The maximum Gasteiger partial charge on any atom is 0.310 e. The molecule has 0 aliphatic heterocycles. The third kappa shape index (κ3) is 3.75. The molecule has 0 aliphatic carbocycles. The van der Waals surface area contributed by atoms with E-state index in [1.54, 1.807) is 14.0 Å². The summed E-state index contributed by atoms with van der Waals surface area (Å²) in [5.41, 5.74) is 2.83. The first-order valence-electron chi connectivity index (χ1n) is 6.80. The van der Waals surface area contributed by atoms with Crippen LogP contribution in [0.2, 0.25) is 0 Å². The fraction of sp³-hybridized carbons (Fsp3) is 0.235. The molecule has 0 heterocycles. The number of anilines is 1. The van der Waals surface area contributed by atoms with Crippen LogP contribution in [0.15, 0.2) is 48.5 Å². The standard InChI is InChI=1S/C17H19NO3/c1-12(17(19)20)14-9-7-13(8-10-14)11-18-15-5-3-4-6-16(15)21-2/h3-10,12,18H,11H2,1-2H3,(H,19,20). The molecule has 0 saturated heterocycles. The highest BCUT2D eigenvalue weighted by Crippen LogP contribution is 2.24. The zero-order valence-electron chi connectivity index (χ0n) is 12.2. The van der Waals surface area contributed by atoms with Gasteiger partial charge in [-0.3, -0.25) is 4.79 Å². The van der Waals surface area contributed by atoms with E-state index in [2.05, 4.69) is 5.32 Å². The Bertz CT molecular complexity index is 608. The average Bonchev–Trinajstić information content (AvgIpc) is 2.52. The minimum Gasteiger partial charge on any atom is -0.495 e. The maximum absolute atomic E-state index is 10.9. The second-order valence-corrected chi connectivity index (χ2v) is 4.86. The number of rotatable bonds is 6. The molecule has 2 aromatic carbocycles. The van der Waals surface area contributed by atoms with Crippen LogP contribution in [0.1, 0.15) is 24.0 Å². The first-order chi connectivity index (χ1) is 10.1. The van der Waals surface area contributed by atoms with Crippen LogP contribution in [-0.2, 0) is 11.3 Å². The molecule has 2 rings (SSSR count). The molecule has 4 nitrogen and oxygen atoms in total. The van der Waals surface area contributed by atoms with Gasteiger partial charge in [0.1, 0.15) is 5.75 Å². The van der Waals surface area contributed by atoms with Crippen LogP contribution in [0.25, 0.3) is 0 Å². The SMILES string of the molecule is COc1ccccc1NCc1ccc(C(C)C(=O)O)cc1. The van der Waals surface area contributed by atoms with Crippen molar-refractivity contribution < 1.29 is 14.6 Å². The Labute approximate surface area is 124 Å². The van der Waals surface area contributed by atoms with Crippen molar-refractivity contribution in [1.29, 1.82) is 0 Å². The Hall–Kier alpha value is -2.49. The number of hydrogen-bond donors (Lipinski definition) is 2. The van der Waals surface area contributed by atoms with Gasteiger partial charge < -0.3 is 15.2 Å². The van der Waals surface area contributed by atoms with E-state index in [1.807, 2.05) is 48.5 Å². The molecule has 4 heteroatoms. The molecule has 0 fully saturated rings. The van der Waals surface area contributed by atoms with Gasteiger partial charge in [0.05, 0.1) is 18.7 Å². The molecule has 0 spiro atoms. The molecule has 21 heavy (non-hydrogen) atoms. The third-order valence-corrected chi connectivity index (χ3v) is 3.44.